The maximum Gasteiger partial charge on any atom is 1.00 e. The molecule has 0 bridgehead atoms. The smallest absolute Gasteiger partial charge is 0.549 e. The van der Waals surface area contributed by atoms with Crippen LogP contribution in [0, 0.1) is 6.92 Å². The maximum atomic E-state index is 10.0. The van der Waals surface area contributed by atoms with E-state index < -0.39 is 5.97 Å². The molecule has 0 saturated heterocycles. The van der Waals surface area contributed by atoms with E-state index in [2.05, 4.69) is 10.2 Å². The number of carboxylic acids is 1. The van der Waals surface area contributed by atoms with Gasteiger partial charge in [-0.2, -0.15) is 0 Å². The molecular formula is C5H5KN2O2S2. The summed E-state index contributed by atoms with van der Waals surface area (Å²) in [5.41, 5.74) is 0. The Labute approximate surface area is 121 Å². The summed E-state index contributed by atoms with van der Waals surface area (Å²) in [6.45, 7) is 1.82. The van der Waals surface area contributed by atoms with Crippen LogP contribution in [0.5, 0.6) is 0 Å². The van der Waals surface area contributed by atoms with Crippen molar-refractivity contribution >= 4 is 29.1 Å². The van der Waals surface area contributed by atoms with Crippen LogP contribution in [0.25, 0.3) is 0 Å². The Balaban J connectivity index is 0.00000121. The number of aliphatic carboxylic acids is 1. The summed E-state index contributed by atoms with van der Waals surface area (Å²) in [5.74, 6) is -1.14. The molecule has 0 fully saturated rings. The van der Waals surface area contributed by atoms with Crippen LogP contribution in [0.2, 0.25) is 0 Å². The Morgan fingerprint density at radius 1 is 1.67 bits per heavy atom. The first-order valence-electron chi connectivity index (χ1n) is 2.81. The zero-order chi connectivity index (χ0) is 8.27. The second-order valence-electron chi connectivity index (χ2n) is 1.75. The fourth-order valence-corrected chi connectivity index (χ4v) is 1.99. The molecule has 1 aromatic heterocycles. The van der Waals surface area contributed by atoms with Crippen molar-refractivity contribution in [2.24, 2.45) is 0 Å². The number of thioether (sulfide) groups is 1. The van der Waals surface area contributed by atoms with Crippen molar-refractivity contribution in [1.29, 1.82) is 0 Å². The quantitative estimate of drug-likeness (QED) is 0.400. The summed E-state index contributed by atoms with van der Waals surface area (Å²) in [6.07, 6.45) is 0. The molecule has 1 rings (SSSR count). The molecule has 12 heavy (non-hydrogen) atoms. The Hall–Kier alpha value is 1.02. The molecule has 0 aromatic carbocycles. The van der Waals surface area contributed by atoms with E-state index in [0.29, 0.717) is 4.34 Å². The van der Waals surface area contributed by atoms with Crippen LogP contribution < -0.4 is 56.5 Å². The molecule has 1 heterocycles. The summed E-state index contributed by atoms with van der Waals surface area (Å²) in [7, 11) is 0. The molecule has 0 atom stereocenters. The van der Waals surface area contributed by atoms with Crippen LogP contribution in [0.4, 0.5) is 0 Å². The first-order chi connectivity index (χ1) is 5.18. The number of rotatable bonds is 3. The van der Waals surface area contributed by atoms with Gasteiger partial charge in [0.25, 0.3) is 0 Å². The van der Waals surface area contributed by atoms with Gasteiger partial charge in [0, 0.05) is 5.75 Å². The van der Waals surface area contributed by atoms with Gasteiger partial charge in [0.05, 0.1) is 5.97 Å². The van der Waals surface area contributed by atoms with Gasteiger partial charge in [0.2, 0.25) is 0 Å². The molecule has 0 amide bonds. The van der Waals surface area contributed by atoms with Crippen molar-refractivity contribution in [3.05, 3.63) is 5.01 Å². The van der Waals surface area contributed by atoms with Gasteiger partial charge in [0.15, 0.2) is 4.34 Å². The van der Waals surface area contributed by atoms with Gasteiger partial charge in [-0.25, -0.2) is 0 Å². The van der Waals surface area contributed by atoms with E-state index in [9.17, 15) is 9.90 Å². The predicted octanol–water partition coefficient (Wildman–Crippen LogP) is -3.31. The number of aromatic nitrogens is 2. The fourth-order valence-electron chi connectivity index (χ4n) is 0.457. The Bertz CT molecular complexity index is 266. The van der Waals surface area contributed by atoms with Crippen LogP contribution >= 0.6 is 23.1 Å². The topological polar surface area (TPSA) is 65.9 Å². The van der Waals surface area contributed by atoms with Gasteiger partial charge in [-0.1, -0.05) is 23.1 Å². The van der Waals surface area contributed by atoms with Gasteiger partial charge in [-0.05, 0) is 6.92 Å². The Morgan fingerprint density at radius 3 is 2.75 bits per heavy atom. The molecule has 0 aliphatic rings. The Kier molecular flexibility index (Phi) is 7.02. The largest absolute Gasteiger partial charge is 1.00 e. The predicted molar refractivity (Wildman–Crippen MR) is 40.4 cm³/mol. The second kappa shape index (κ2) is 6.47. The molecule has 0 spiro atoms. The summed E-state index contributed by atoms with van der Waals surface area (Å²) in [6, 6.07) is 0. The third kappa shape index (κ3) is 4.90. The molecule has 0 N–H and O–H groups in total. The summed E-state index contributed by atoms with van der Waals surface area (Å²) < 4.78 is 0.673. The van der Waals surface area contributed by atoms with Gasteiger partial charge in [0.1, 0.15) is 5.01 Å². The molecular weight excluding hydrogens is 223 g/mol. The first kappa shape index (κ1) is 13.0. The van der Waals surface area contributed by atoms with Crippen molar-refractivity contribution in [2.75, 3.05) is 5.75 Å². The minimum absolute atomic E-state index is 0. The van der Waals surface area contributed by atoms with Crippen LogP contribution in [0.3, 0.4) is 0 Å². The van der Waals surface area contributed by atoms with E-state index in [1.54, 1.807) is 0 Å². The van der Waals surface area contributed by atoms with Crippen molar-refractivity contribution in [1.82, 2.24) is 10.2 Å². The number of hydrogen-bond acceptors (Lipinski definition) is 6. The van der Waals surface area contributed by atoms with Crippen LogP contribution in [0.1, 0.15) is 5.01 Å². The zero-order valence-electron chi connectivity index (χ0n) is 6.73. The maximum absolute atomic E-state index is 10.0. The van der Waals surface area contributed by atoms with Crippen molar-refractivity contribution in [2.45, 2.75) is 11.3 Å². The van der Waals surface area contributed by atoms with Crippen LogP contribution in [-0.4, -0.2) is 21.9 Å². The molecule has 1 aromatic rings. The fraction of sp³-hybridized carbons (Fsp3) is 0.400. The Morgan fingerprint density at radius 2 is 2.33 bits per heavy atom. The SMILES string of the molecule is Cc1nnc(SCC(=O)[O-])s1.[K+]. The number of carboxylic acid groups (broad SMARTS) is 1. The van der Waals surface area contributed by atoms with E-state index >= 15 is 0 Å². The molecule has 60 valence electrons. The molecule has 0 saturated carbocycles. The van der Waals surface area contributed by atoms with Gasteiger partial charge in [-0.3, -0.25) is 0 Å². The molecule has 0 aliphatic carbocycles. The second-order valence-corrected chi connectivity index (χ2v) is 4.15. The van der Waals surface area contributed by atoms with Gasteiger partial charge in [-0.15, -0.1) is 10.2 Å². The summed E-state index contributed by atoms with van der Waals surface area (Å²) in [5, 5.41) is 18.3. The number of nitrogens with zero attached hydrogens (tertiary/aromatic N) is 2. The summed E-state index contributed by atoms with van der Waals surface area (Å²) in [4.78, 5) is 10.0. The average molecular weight is 228 g/mol. The minimum atomic E-state index is -1.08. The number of hydrogen-bond donors (Lipinski definition) is 0. The molecule has 0 unspecified atom stereocenters. The van der Waals surface area contributed by atoms with E-state index in [1.165, 1.54) is 11.3 Å². The van der Waals surface area contributed by atoms with E-state index in [-0.39, 0.29) is 57.1 Å². The normalized spacial score (nSPS) is 9.08. The van der Waals surface area contributed by atoms with E-state index in [1.807, 2.05) is 6.92 Å². The molecule has 0 aliphatic heterocycles. The monoisotopic (exact) mass is 228 g/mol. The van der Waals surface area contributed by atoms with Crippen LogP contribution in [0.15, 0.2) is 4.34 Å². The number of aryl methyl sites for hydroxylation is 1. The van der Waals surface area contributed by atoms with E-state index in [4.69, 9.17) is 0 Å². The molecule has 7 heteroatoms. The van der Waals surface area contributed by atoms with Crippen molar-refractivity contribution < 1.29 is 61.3 Å². The standard InChI is InChI=1S/C5H6N2O2S2.K/c1-3-6-7-5(11-3)10-2-4(8)9;/h2H2,1H3,(H,8,9);/q;+1/p-1. The van der Waals surface area contributed by atoms with Gasteiger partial charge < -0.3 is 9.90 Å². The minimum Gasteiger partial charge on any atom is -0.549 e. The van der Waals surface area contributed by atoms with Crippen molar-refractivity contribution in [3.63, 3.8) is 0 Å². The molecule has 4 nitrogen and oxygen atoms in total. The van der Waals surface area contributed by atoms with E-state index in [0.717, 1.165) is 16.8 Å². The summed E-state index contributed by atoms with van der Waals surface area (Å²) >= 11 is 2.51. The van der Waals surface area contributed by atoms with Gasteiger partial charge >= 0.3 is 51.4 Å². The first-order valence-corrected chi connectivity index (χ1v) is 4.61. The third-order valence-electron chi connectivity index (χ3n) is 0.821. The number of carbonyl (C=O) groups is 1. The van der Waals surface area contributed by atoms with Crippen LogP contribution in [-0.2, 0) is 4.79 Å². The molecule has 0 radical (unpaired) electrons. The number of carbonyl (C=O) groups excluding carboxylic acids is 1. The van der Waals surface area contributed by atoms with Crippen molar-refractivity contribution in [3.8, 4) is 0 Å². The third-order valence-corrected chi connectivity index (χ3v) is 2.77. The zero-order valence-corrected chi connectivity index (χ0v) is 11.5. The average Bonchev–Trinajstić information content (AvgIpc) is 2.31.